The topological polar surface area (TPSA) is 42.1 Å². The second kappa shape index (κ2) is 4.98. The first kappa shape index (κ1) is 11.5. The minimum absolute atomic E-state index is 0.276. The minimum atomic E-state index is -0.300. The van der Waals surface area contributed by atoms with E-state index in [1.807, 2.05) is 48.7 Å². The van der Waals surface area contributed by atoms with E-state index < -0.39 is 0 Å². The second-order valence-corrected chi connectivity index (χ2v) is 4.30. The van der Waals surface area contributed by atoms with Crippen molar-refractivity contribution in [2.45, 2.75) is 6.61 Å². The Morgan fingerprint density at radius 1 is 1.00 bits per heavy atom. The summed E-state index contributed by atoms with van der Waals surface area (Å²) in [4.78, 5) is 15.0. The molecular formula is C16H13NO2. The van der Waals surface area contributed by atoms with Crippen molar-refractivity contribution < 1.29 is 9.53 Å². The molecule has 0 amide bonds. The lowest BCUT2D eigenvalue weighted by atomic mass is 10.2. The van der Waals surface area contributed by atoms with Crippen LogP contribution in [0.3, 0.4) is 0 Å². The van der Waals surface area contributed by atoms with Gasteiger partial charge in [0.1, 0.15) is 6.61 Å². The van der Waals surface area contributed by atoms with Gasteiger partial charge < -0.3 is 9.72 Å². The molecule has 3 nitrogen and oxygen atoms in total. The maximum absolute atomic E-state index is 11.8. The van der Waals surface area contributed by atoms with Gasteiger partial charge in [0.25, 0.3) is 0 Å². The van der Waals surface area contributed by atoms with Crippen LogP contribution in [-0.2, 0) is 11.3 Å². The van der Waals surface area contributed by atoms with Crippen molar-refractivity contribution in [3.63, 3.8) is 0 Å². The van der Waals surface area contributed by atoms with E-state index in [1.165, 1.54) is 0 Å². The third kappa shape index (κ3) is 2.36. The summed E-state index contributed by atoms with van der Waals surface area (Å²) in [7, 11) is 0. The van der Waals surface area contributed by atoms with Crippen molar-refractivity contribution in [2.75, 3.05) is 0 Å². The first-order valence-electron chi connectivity index (χ1n) is 6.12. The summed E-state index contributed by atoms with van der Waals surface area (Å²) in [5, 5.41) is 1.09. The normalized spacial score (nSPS) is 10.5. The van der Waals surface area contributed by atoms with Crippen molar-refractivity contribution in [2.24, 2.45) is 0 Å². The van der Waals surface area contributed by atoms with Crippen LogP contribution in [0.5, 0.6) is 0 Å². The number of nitrogens with one attached hydrogen (secondary N) is 1. The average molecular weight is 251 g/mol. The molecule has 0 fully saturated rings. The Balaban J connectivity index is 1.75. The van der Waals surface area contributed by atoms with Crippen LogP contribution in [0.1, 0.15) is 15.9 Å². The van der Waals surface area contributed by atoms with E-state index in [0.717, 1.165) is 16.5 Å². The molecule has 2 aromatic carbocycles. The van der Waals surface area contributed by atoms with E-state index in [9.17, 15) is 4.79 Å². The van der Waals surface area contributed by atoms with Crippen LogP contribution in [0.4, 0.5) is 0 Å². The lowest BCUT2D eigenvalue weighted by Crippen LogP contribution is -2.04. The van der Waals surface area contributed by atoms with Crippen molar-refractivity contribution in [3.8, 4) is 0 Å². The molecule has 1 N–H and O–H groups in total. The molecule has 0 radical (unpaired) electrons. The van der Waals surface area contributed by atoms with Crippen LogP contribution in [0.15, 0.2) is 60.8 Å². The van der Waals surface area contributed by atoms with Crippen molar-refractivity contribution in [1.29, 1.82) is 0 Å². The number of hydrogen-bond donors (Lipinski definition) is 1. The van der Waals surface area contributed by atoms with Crippen molar-refractivity contribution in [1.82, 2.24) is 4.98 Å². The zero-order valence-electron chi connectivity index (χ0n) is 10.3. The molecule has 0 bridgehead atoms. The Morgan fingerprint density at radius 3 is 2.58 bits per heavy atom. The number of fused-ring (bicyclic) bond motifs is 1. The zero-order chi connectivity index (χ0) is 13.1. The number of hydrogen-bond acceptors (Lipinski definition) is 2. The average Bonchev–Trinajstić information content (AvgIpc) is 2.89. The SMILES string of the molecule is O=C(OCc1c[nH]c2ccccc12)c1ccccc1. The summed E-state index contributed by atoms with van der Waals surface area (Å²) in [5.41, 5.74) is 2.61. The molecule has 0 saturated heterocycles. The van der Waals surface area contributed by atoms with Crippen LogP contribution < -0.4 is 0 Å². The third-order valence-corrected chi connectivity index (χ3v) is 3.04. The number of benzene rings is 2. The van der Waals surface area contributed by atoms with Gasteiger partial charge in [0, 0.05) is 22.7 Å². The zero-order valence-corrected chi connectivity index (χ0v) is 10.3. The lowest BCUT2D eigenvalue weighted by molar-refractivity contribution is 0.0474. The van der Waals surface area contributed by atoms with Gasteiger partial charge in [-0.1, -0.05) is 36.4 Å². The minimum Gasteiger partial charge on any atom is -0.457 e. The number of ether oxygens (including phenoxy) is 1. The van der Waals surface area contributed by atoms with Gasteiger partial charge in [-0.05, 0) is 18.2 Å². The third-order valence-electron chi connectivity index (χ3n) is 3.04. The number of H-pyrrole nitrogens is 1. The molecule has 3 aromatic rings. The molecule has 0 saturated carbocycles. The molecule has 3 heteroatoms. The Bertz CT molecular complexity index is 701. The predicted molar refractivity (Wildman–Crippen MR) is 73.9 cm³/mol. The number of carbonyl (C=O) groups excluding carboxylic acids is 1. The summed E-state index contributed by atoms with van der Waals surface area (Å²) >= 11 is 0. The first-order chi connectivity index (χ1) is 9.34. The fourth-order valence-electron chi connectivity index (χ4n) is 2.05. The van der Waals surface area contributed by atoms with Gasteiger partial charge in [0.2, 0.25) is 0 Å². The van der Waals surface area contributed by atoms with Crippen LogP contribution in [0.2, 0.25) is 0 Å². The van der Waals surface area contributed by atoms with Gasteiger partial charge in [-0.25, -0.2) is 4.79 Å². The van der Waals surface area contributed by atoms with Crippen molar-refractivity contribution >= 4 is 16.9 Å². The Hall–Kier alpha value is -2.55. The van der Waals surface area contributed by atoms with Crippen LogP contribution in [0.25, 0.3) is 10.9 Å². The van der Waals surface area contributed by atoms with Crippen LogP contribution in [-0.4, -0.2) is 11.0 Å². The van der Waals surface area contributed by atoms with Crippen LogP contribution in [0, 0.1) is 0 Å². The number of para-hydroxylation sites is 1. The van der Waals surface area contributed by atoms with Gasteiger partial charge in [0.15, 0.2) is 0 Å². The number of aromatic nitrogens is 1. The second-order valence-electron chi connectivity index (χ2n) is 4.30. The number of aromatic amines is 1. The number of esters is 1. The molecule has 0 aliphatic heterocycles. The molecule has 0 unspecified atom stereocenters. The molecule has 0 aliphatic carbocycles. The largest absolute Gasteiger partial charge is 0.457 e. The molecule has 1 aromatic heterocycles. The lowest BCUT2D eigenvalue weighted by Gasteiger charge is -2.03. The summed E-state index contributed by atoms with van der Waals surface area (Å²) < 4.78 is 5.32. The maximum atomic E-state index is 11.8. The summed E-state index contributed by atoms with van der Waals surface area (Å²) in [6.45, 7) is 0.276. The van der Waals surface area contributed by atoms with Gasteiger partial charge in [-0.3, -0.25) is 0 Å². The number of rotatable bonds is 3. The molecule has 19 heavy (non-hydrogen) atoms. The fourth-order valence-corrected chi connectivity index (χ4v) is 2.05. The highest BCUT2D eigenvalue weighted by Crippen LogP contribution is 2.18. The molecular weight excluding hydrogens is 238 g/mol. The van der Waals surface area contributed by atoms with E-state index in [1.54, 1.807) is 12.1 Å². The first-order valence-corrected chi connectivity index (χ1v) is 6.12. The maximum Gasteiger partial charge on any atom is 0.338 e. The van der Waals surface area contributed by atoms with Gasteiger partial charge in [0.05, 0.1) is 5.56 Å². The van der Waals surface area contributed by atoms with Crippen LogP contribution >= 0.6 is 0 Å². The monoisotopic (exact) mass is 251 g/mol. The highest BCUT2D eigenvalue weighted by molar-refractivity contribution is 5.89. The summed E-state index contributed by atoms with van der Waals surface area (Å²) in [6.07, 6.45) is 1.88. The van der Waals surface area contributed by atoms with Crippen molar-refractivity contribution in [3.05, 3.63) is 71.9 Å². The standard InChI is InChI=1S/C16H13NO2/c18-16(12-6-2-1-3-7-12)19-11-13-10-17-15-9-5-4-8-14(13)15/h1-10,17H,11H2. The summed E-state index contributed by atoms with van der Waals surface area (Å²) in [6, 6.07) is 17.0. The van der Waals surface area contributed by atoms with Gasteiger partial charge in [-0.2, -0.15) is 0 Å². The molecule has 0 aliphatic rings. The number of carbonyl (C=O) groups is 1. The predicted octanol–water partition coefficient (Wildman–Crippen LogP) is 3.52. The highest BCUT2D eigenvalue weighted by atomic mass is 16.5. The smallest absolute Gasteiger partial charge is 0.338 e. The van der Waals surface area contributed by atoms with E-state index in [-0.39, 0.29) is 12.6 Å². The van der Waals surface area contributed by atoms with Gasteiger partial charge >= 0.3 is 5.97 Å². The highest BCUT2D eigenvalue weighted by Gasteiger charge is 2.08. The summed E-state index contributed by atoms with van der Waals surface area (Å²) in [5.74, 6) is -0.300. The van der Waals surface area contributed by atoms with Gasteiger partial charge in [-0.15, -0.1) is 0 Å². The molecule has 0 spiro atoms. The van der Waals surface area contributed by atoms with E-state index in [4.69, 9.17) is 4.74 Å². The van der Waals surface area contributed by atoms with E-state index >= 15 is 0 Å². The Labute approximate surface area is 110 Å². The molecule has 0 atom stereocenters. The molecule has 94 valence electrons. The van der Waals surface area contributed by atoms with E-state index in [2.05, 4.69) is 4.98 Å². The fraction of sp³-hybridized carbons (Fsp3) is 0.0625. The van der Waals surface area contributed by atoms with E-state index in [0.29, 0.717) is 5.56 Å². The Morgan fingerprint density at radius 2 is 1.74 bits per heavy atom. The Kier molecular flexibility index (Phi) is 3.02. The quantitative estimate of drug-likeness (QED) is 0.723. The molecule has 3 rings (SSSR count). The molecule has 1 heterocycles.